The molecule has 0 radical (unpaired) electrons. The molecule has 1 aliphatic rings. The van der Waals surface area contributed by atoms with Crippen LogP contribution in [0.15, 0.2) is 5.16 Å². The summed E-state index contributed by atoms with van der Waals surface area (Å²) >= 11 is 0. The molecule has 1 atom stereocenters. The summed E-state index contributed by atoms with van der Waals surface area (Å²) in [6, 6.07) is 0.0477. The zero-order valence-corrected chi connectivity index (χ0v) is 10.0. The van der Waals surface area contributed by atoms with Crippen LogP contribution < -0.4 is 11.1 Å². The molecule has 1 saturated carbocycles. The molecule has 0 saturated heterocycles. The lowest BCUT2D eigenvalue weighted by molar-refractivity contribution is -0.124. The van der Waals surface area contributed by atoms with Crippen LogP contribution in [0.1, 0.15) is 19.8 Å². The van der Waals surface area contributed by atoms with Crippen molar-refractivity contribution in [3.63, 3.8) is 0 Å². The molecule has 0 aromatic heterocycles. The third kappa shape index (κ3) is 2.63. The van der Waals surface area contributed by atoms with Crippen LogP contribution in [0.5, 0.6) is 0 Å². The summed E-state index contributed by atoms with van der Waals surface area (Å²) in [6.07, 6.45) is 1.31. The van der Waals surface area contributed by atoms with Crippen molar-refractivity contribution in [3.05, 3.63) is 0 Å². The van der Waals surface area contributed by atoms with Crippen LogP contribution in [0, 0.1) is 5.41 Å². The average Bonchev–Trinajstić information content (AvgIpc) is 2.95. The summed E-state index contributed by atoms with van der Waals surface area (Å²) in [5.41, 5.74) is 4.77. The van der Waals surface area contributed by atoms with Gasteiger partial charge in [-0.15, -0.1) is 0 Å². The number of hydrogen-bond acceptors (Lipinski definition) is 4. The highest BCUT2D eigenvalue weighted by molar-refractivity contribution is 6.09. The number of nitrogens with one attached hydrogen (secondary N) is 1. The minimum Gasteiger partial charge on any atom is -0.409 e. The maximum Gasteiger partial charge on any atom is 0.234 e. The largest absolute Gasteiger partial charge is 0.409 e. The van der Waals surface area contributed by atoms with E-state index in [2.05, 4.69) is 10.5 Å². The molecule has 0 aromatic rings. The van der Waals surface area contributed by atoms with Gasteiger partial charge in [-0.3, -0.25) is 4.79 Å². The second kappa shape index (κ2) is 4.69. The fourth-order valence-electron chi connectivity index (χ4n) is 1.78. The number of nitrogens with two attached hydrogens (primary N) is 1. The van der Waals surface area contributed by atoms with E-state index in [0.717, 1.165) is 6.54 Å². The molecule has 4 N–H and O–H groups in total. The number of rotatable bonds is 5. The van der Waals surface area contributed by atoms with Crippen LogP contribution in [0.2, 0.25) is 0 Å². The first-order chi connectivity index (χ1) is 7.42. The van der Waals surface area contributed by atoms with Gasteiger partial charge in [0.1, 0.15) is 5.41 Å². The molecule has 1 fully saturated rings. The van der Waals surface area contributed by atoms with Crippen molar-refractivity contribution < 1.29 is 10.0 Å². The lowest BCUT2D eigenvalue weighted by Gasteiger charge is -2.21. The van der Waals surface area contributed by atoms with Gasteiger partial charge in [-0.05, 0) is 33.9 Å². The Morgan fingerprint density at radius 1 is 1.62 bits per heavy atom. The summed E-state index contributed by atoms with van der Waals surface area (Å²) < 4.78 is 0. The lowest BCUT2D eigenvalue weighted by atomic mass is 10.0. The highest BCUT2D eigenvalue weighted by Gasteiger charge is 2.54. The molecular weight excluding hydrogens is 208 g/mol. The fraction of sp³-hybridized carbons (Fsp3) is 0.800. The molecule has 92 valence electrons. The minimum atomic E-state index is -0.755. The number of amidine groups is 1. The maximum atomic E-state index is 11.9. The maximum absolute atomic E-state index is 11.9. The Hall–Kier alpha value is -1.30. The van der Waals surface area contributed by atoms with E-state index in [0.29, 0.717) is 12.8 Å². The Balaban J connectivity index is 2.53. The Morgan fingerprint density at radius 2 is 2.19 bits per heavy atom. The predicted molar refractivity (Wildman–Crippen MR) is 61.2 cm³/mol. The highest BCUT2D eigenvalue weighted by atomic mass is 16.4. The van der Waals surface area contributed by atoms with Crippen molar-refractivity contribution in [2.24, 2.45) is 16.3 Å². The van der Waals surface area contributed by atoms with Gasteiger partial charge in [0.2, 0.25) is 5.91 Å². The van der Waals surface area contributed by atoms with E-state index in [1.807, 2.05) is 25.9 Å². The van der Waals surface area contributed by atoms with Gasteiger partial charge < -0.3 is 21.2 Å². The molecule has 1 rings (SSSR count). The van der Waals surface area contributed by atoms with Crippen molar-refractivity contribution in [2.75, 3.05) is 20.6 Å². The Bertz CT molecular complexity index is 297. The molecule has 0 aromatic carbocycles. The lowest BCUT2D eigenvalue weighted by Crippen LogP contribution is -2.47. The topological polar surface area (TPSA) is 91.0 Å². The van der Waals surface area contributed by atoms with Gasteiger partial charge in [-0.25, -0.2) is 0 Å². The molecule has 6 nitrogen and oxygen atoms in total. The molecule has 1 amide bonds. The van der Waals surface area contributed by atoms with E-state index in [9.17, 15) is 4.79 Å². The average molecular weight is 228 g/mol. The number of amides is 1. The smallest absolute Gasteiger partial charge is 0.234 e. The first-order valence-corrected chi connectivity index (χ1v) is 5.36. The summed E-state index contributed by atoms with van der Waals surface area (Å²) in [4.78, 5) is 13.9. The quantitative estimate of drug-likeness (QED) is 0.258. The van der Waals surface area contributed by atoms with Crippen LogP contribution >= 0.6 is 0 Å². The van der Waals surface area contributed by atoms with E-state index >= 15 is 0 Å². The Morgan fingerprint density at radius 3 is 2.56 bits per heavy atom. The molecule has 1 unspecified atom stereocenters. The van der Waals surface area contributed by atoms with Gasteiger partial charge in [0.05, 0.1) is 0 Å². The van der Waals surface area contributed by atoms with Gasteiger partial charge in [0.25, 0.3) is 0 Å². The standard InChI is InChI=1S/C10H20N4O2/c1-7(6-14(2)3)12-9(15)10(4-5-10)8(11)13-16/h7,16H,4-6H2,1-3H3,(H2,11,13)(H,12,15). The number of oxime groups is 1. The third-order valence-corrected chi connectivity index (χ3v) is 2.80. The number of hydrogen-bond donors (Lipinski definition) is 3. The molecule has 0 aliphatic heterocycles. The van der Waals surface area contributed by atoms with E-state index < -0.39 is 5.41 Å². The molecule has 0 heterocycles. The summed E-state index contributed by atoms with van der Waals surface area (Å²) in [7, 11) is 3.89. The molecule has 0 spiro atoms. The SMILES string of the molecule is CC(CN(C)C)NC(=O)C1(C(N)=NO)CC1. The van der Waals surface area contributed by atoms with Crippen molar-refractivity contribution in [1.29, 1.82) is 0 Å². The monoisotopic (exact) mass is 228 g/mol. The predicted octanol–water partition coefficient (Wildman–Crippen LogP) is -0.421. The second-order valence-corrected chi connectivity index (χ2v) is 4.70. The van der Waals surface area contributed by atoms with E-state index in [-0.39, 0.29) is 17.8 Å². The van der Waals surface area contributed by atoms with Gasteiger partial charge in [-0.1, -0.05) is 5.16 Å². The normalized spacial score (nSPS) is 20.6. The van der Waals surface area contributed by atoms with Gasteiger partial charge in [0.15, 0.2) is 5.84 Å². The van der Waals surface area contributed by atoms with Crippen molar-refractivity contribution in [3.8, 4) is 0 Å². The number of carbonyl (C=O) groups is 1. The second-order valence-electron chi connectivity index (χ2n) is 4.70. The fourth-order valence-corrected chi connectivity index (χ4v) is 1.78. The molecule has 6 heteroatoms. The Labute approximate surface area is 95.5 Å². The van der Waals surface area contributed by atoms with Crippen molar-refractivity contribution >= 4 is 11.7 Å². The Kier molecular flexibility index (Phi) is 3.74. The minimum absolute atomic E-state index is 0.0158. The highest BCUT2D eigenvalue weighted by Crippen LogP contribution is 2.46. The van der Waals surface area contributed by atoms with Crippen LogP contribution in [0.25, 0.3) is 0 Å². The van der Waals surface area contributed by atoms with E-state index in [1.165, 1.54) is 0 Å². The van der Waals surface area contributed by atoms with Crippen molar-refractivity contribution in [1.82, 2.24) is 10.2 Å². The van der Waals surface area contributed by atoms with Gasteiger partial charge >= 0.3 is 0 Å². The van der Waals surface area contributed by atoms with Crippen molar-refractivity contribution in [2.45, 2.75) is 25.8 Å². The van der Waals surface area contributed by atoms with Crippen LogP contribution in [-0.4, -0.2) is 48.5 Å². The number of carbonyl (C=O) groups excluding carboxylic acids is 1. The summed E-state index contributed by atoms with van der Waals surface area (Å²) in [5, 5.41) is 14.4. The zero-order chi connectivity index (χ0) is 12.3. The zero-order valence-electron chi connectivity index (χ0n) is 10.0. The third-order valence-electron chi connectivity index (χ3n) is 2.80. The van der Waals surface area contributed by atoms with Crippen LogP contribution in [-0.2, 0) is 4.79 Å². The summed E-state index contributed by atoms with van der Waals surface area (Å²) in [5.74, 6) is -0.126. The first-order valence-electron chi connectivity index (χ1n) is 5.36. The molecular formula is C10H20N4O2. The van der Waals surface area contributed by atoms with Crippen LogP contribution in [0.3, 0.4) is 0 Å². The van der Waals surface area contributed by atoms with E-state index in [1.54, 1.807) is 0 Å². The number of likely N-dealkylation sites (N-methyl/N-ethyl adjacent to an activating group) is 1. The molecule has 0 bridgehead atoms. The van der Waals surface area contributed by atoms with Crippen LogP contribution in [0.4, 0.5) is 0 Å². The van der Waals surface area contributed by atoms with E-state index in [4.69, 9.17) is 10.9 Å². The van der Waals surface area contributed by atoms with Gasteiger partial charge in [0, 0.05) is 12.6 Å². The number of nitrogens with zero attached hydrogens (tertiary/aromatic N) is 2. The molecule has 1 aliphatic carbocycles. The van der Waals surface area contributed by atoms with Gasteiger partial charge in [-0.2, -0.15) is 0 Å². The molecule has 16 heavy (non-hydrogen) atoms. The summed E-state index contributed by atoms with van der Waals surface area (Å²) in [6.45, 7) is 2.69. The first kappa shape index (κ1) is 12.8.